The lowest BCUT2D eigenvalue weighted by molar-refractivity contribution is -0.143. The minimum Gasteiger partial charge on any atom is -0.755 e. The molecule has 3 N–H and O–H groups in total. The lowest BCUT2D eigenvalue weighted by Crippen LogP contribution is -2.40. The summed E-state index contributed by atoms with van der Waals surface area (Å²) < 4.78 is 196. The van der Waals surface area contributed by atoms with Gasteiger partial charge in [-0.1, -0.05) is 23.6 Å². The first-order valence-electron chi connectivity index (χ1n) is 20.9. The number of carbonyl (C=O) groups excluding carboxylic acids is 2. The van der Waals surface area contributed by atoms with Crippen LogP contribution in [0.3, 0.4) is 0 Å². The van der Waals surface area contributed by atoms with Crippen molar-refractivity contribution in [2.45, 2.75) is 87.8 Å². The average Bonchev–Trinajstić information content (AvgIpc) is 3.74. The molecule has 382 valence electrons. The van der Waals surface area contributed by atoms with E-state index in [1.54, 1.807) is 0 Å². The molecule has 2 aromatic carbocycles. The Morgan fingerprint density at radius 1 is 1.03 bits per heavy atom. The lowest BCUT2D eigenvalue weighted by Gasteiger charge is -2.24. The van der Waals surface area contributed by atoms with Crippen LogP contribution in [0.15, 0.2) is 42.5 Å². The summed E-state index contributed by atoms with van der Waals surface area (Å²) in [5.74, 6) is -6.89. The number of hydrogen-bond acceptors (Lipinski definition) is 10. The maximum absolute atomic E-state index is 15.6. The number of fused-ring (bicyclic) bond motifs is 4. The van der Waals surface area contributed by atoms with E-state index in [1.165, 1.54) is 20.8 Å². The van der Waals surface area contributed by atoms with Crippen molar-refractivity contribution in [1.29, 1.82) is 0 Å². The molecule has 0 radical (unpaired) electrons. The number of aliphatic hydroxyl groups is 1. The molecule has 2 aliphatic carbocycles. The van der Waals surface area contributed by atoms with Crippen LogP contribution in [-0.4, -0.2) is 95.0 Å². The molecule has 2 aliphatic rings. The Bertz CT molecular complexity index is 3150. The Balaban J connectivity index is 1.46. The van der Waals surface area contributed by atoms with Gasteiger partial charge in [0.25, 0.3) is 5.92 Å². The first kappa shape index (κ1) is 53.0. The molecule has 0 aliphatic heterocycles. The number of halogens is 11. The zero-order valence-electron chi connectivity index (χ0n) is 37.1. The number of nitrogens with zero attached hydrogens (tertiary/aromatic N) is 6. The Hall–Kier alpha value is -5.82. The number of sulfone groups is 1. The van der Waals surface area contributed by atoms with Crippen molar-refractivity contribution >= 4 is 61.2 Å². The van der Waals surface area contributed by atoms with Crippen molar-refractivity contribution < 1.29 is 75.8 Å². The lowest BCUT2D eigenvalue weighted by atomic mass is 9.93. The first-order valence-corrected chi connectivity index (χ1v) is 24.2. The van der Waals surface area contributed by atoms with Crippen LogP contribution >= 0.6 is 11.6 Å². The Morgan fingerprint density at radius 2 is 1.68 bits per heavy atom. The van der Waals surface area contributed by atoms with Gasteiger partial charge >= 0.3 is 12.4 Å². The van der Waals surface area contributed by atoms with E-state index in [1.807, 2.05) is 0 Å². The minimum absolute atomic E-state index is 0.193. The summed E-state index contributed by atoms with van der Waals surface area (Å²) in [5, 5.41) is 20.7. The van der Waals surface area contributed by atoms with Gasteiger partial charge in [-0.15, -0.1) is 0 Å². The van der Waals surface area contributed by atoms with Gasteiger partial charge < -0.3 is 20.3 Å². The van der Waals surface area contributed by atoms with Gasteiger partial charge in [0.05, 0.1) is 33.8 Å². The van der Waals surface area contributed by atoms with Crippen LogP contribution in [0.4, 0.5) is 49.7 Å². The van der Waals surface area contributed by atoms with Gasteiger partial charge in [0, 0.05) is 52.7 Å². The van der Waals surface area contributed by atoms with Crippen LogP contribution in [0.1, 0.15) is 73.1 Å². The third kappa shape index (κ3) is 11.2. The van der Waals surface area contributed by atoms with E-state index >= 15 is 8.78 Å². The maximum atomic E-state index is 15.6. The standard InChI is InChI=1S/C43H39ClF10N8O7S2/c1-20(63)16-55-31(64)18-62(70(66)67)39-34-29(44)8-7-26(36(34)61(59-39)19-41(47,48)49)25-6-5-24(9-10-40(2,3)71(4,68)69)56-35(25)30(13-21-11-22(45)14-23(46)12-21)57-32(65)17-60-38-33(37(58-60)43(52,53)54)27-15-28(27)42(38,50)51/h5-8,11-12,14,20,27-28,30,63H,13,15-19H2,1-4H3,(H,55,64)(H,57,65)(H,66,67)/p-1/t20?,27-,28+,30?/m0/s1. The van der Waals surface area contributed by atoms with Gasteiger partial charge in [0.15, 0.2) is 21.3 Å². The Kier molecular flexibility index (Phi) is 14.2. The third-order valence-electron chi connectivity index (χ3n) is 11.6. The highest BCUT2D eigenvalue weighted by Crippen LogP contribution is 2.68. The van der Waals surface area contributed by atoms with E-state index < -0.39 is 162 Å². The highest BCUT2D eigenvalue weighted by molar-refractivity contribution is 7.92. The smallest absolute Gasteiger partial charge is 0.435 e. The van der Waals surface area contributed by atoms with Crippen LogP contribution in [0, 0.1) is 29.4 Å². The summed E-state index contributed by atoms with van der Waals surface area (Å²) in [5.41, 5.74) is -5.75. The van der Waals surface area contributed by atoms with Crippen molar-refractivity contribution in [2.24, 2.45) is 5.92 Å². The van der Waals surface area contributed by atoms with Crippen molar-refractivity contribution in [1.82, 2.24) is 35.2 Å². The molecule has 3 aromatic heterocycles. The largest absolute Gasteiger partial charge is 0.755 e. The Labute approximate surface area is 404 Å². The number of rotatable bonds is 15. The van der Waals surface area contributed by atoms with E-state index in [9.17, 15) is 67.0 Å². The summed E-state index contributed by atoms with van der Waals surface area (Å²) in [6, 6.07) is 4.85. The molecular weight excluding hydrogens is 1030 g/mol. The number of hydrogen-bond donors (Lipinski definition) is 3. The fourth-order valence-electron chi connectivity index (χ4n) is 8.08. The molecule has 0 bridgehead atoms. The third-order valence-corrected chi connectivity index (χ3v) is 14.5. The summed E-state index contributed by atoms with van der Waals surface area (Å²) in [7, 11) is -3.90. The molecule has 15 nitrogen and oxygen atoms in total. The number of aromatic nitrogens is 5. The van der Waals surface area contributed by atoms with E-state index in [0.717, 1.165) is 42.7 Å². The highest BCUT2D eigenvalue weighted by Gasteiger charge is 2.68. The molecule has 1 saturated carbocycles. The zero-order valence-corrected chi connectivity index (χ0v) is 39.5. The zero-order chi connectivity index (χ0) is 52.5. The summed E-state index contributed by atoms with van der Waals surface area (Å²) >= 11 is 3.13. The molecular formula is C43H38ClF10N8O7S2-. The van der Waals surface area contributed by atoms with Gasteiger partial charge in [0.1, 0.15) is 47.4 Å². The van der Waals surface area contributed by atoms with Gasteiger partial charge in [-0.2, -0.15) is 45.3 Å². The monoisotopic (exact) mass is 1070 g/mol. The molecule has 3 unspecified atom stereocenters. The van der Waals surface area contributed by atoms with Crippen LogP contribution < -0.4 is 14.9 Å². The second-order valence-electron chi connectivity index (χ2n) is 17.4. The highest BCUT2D eigenvalue weighted by atomic mass is 35.5. The molecule has 5 atom stereocenters. The predicted molar refractivity (Wildman–Crippen MR) is 234 cm³/mol. The number of nitrogens with one attached hydrogen (secondary N) is 2. The normalized spacial score (nSPS) is 17.7. The molecule has 7 rings (SSSR count). The summed E-state index contributed by atoms with van der Waals surface area (Å²) in [6.45, 7) is -0.924. The molecule has 71 heavy (non-hydrogen) atoms. The molecule has 28 heteroatoms. The van der Waals surface area contributed by atoms with E-state index in [0.29, 0.717) is 10.7 Å². The fraction of sp³-hybridized carbons (Fsp3) is 0.419. The maximum Gasteiger partial charge on any atom is 0.435 e. The number of alkyl halides is 8. The molecule has 3 heterocycles. The van der Waals surface area contributed by atoms with Crippen molar-refractivity contribution in [3.8, 4) is 23.0 Å². The Morgan fingerprint density at radius 3 is 2.27 bits per heavy atom. The molecule has 0 saturated heterocycles. The van der Waals surface area contributed by atoms with Gasteiger partial charge in [-0.3, -0.25) is 27.5 Å². The molecule has 1 fully saturated rings. The number of aliphatic hydroxyl groups excluding tert-OH is 1. The minimum atomic E-state index is -5.22. The molecule has 5 aromatic rings. The van der Waals surface area contributed by atoms with Crippen molar-refractivity contribution in [3.63, 3.8) is 0 Å². The quantitative estimate of drug-likeness (QED) is 0.0599. The number of pyridine rings is 1. The average molecular weight is 1070 g/mol. The molecule has 2 amide bonds. The van der Waals surface area contributed by atoms with Gasteiger partial charge in [-0.25, -0.2) is 22.2 Å². The van der Waals surface area contributed by atoms with Crippen LogP contribution in [0.2, 0.25) is 5.02 Å². The topological polar surface area (TPSA) is 204 Å². The van der Waals surface area contributed by atoms with Crippen LogP contribution in [0.5, 0.6) is 0 Å². The van der Waals surface area contributed by atoms with E-state index in [-0.39, 0.29) is 44.3 Å². The van der Waals surface area contributed by atoms with Crippen molar-refractivity contribution in [3.05, 3.63) is 93.0 Å². The number of benzene rings is 2. The van der Waals surface area contributed by atoms with Gasteiger partial charge in [-0.05, 0) is 81.3 Å². The fourth-order valence-corrected chi connectivity index (χ4v) is 9.04. The van der Waals surface area contributed by atoms with E-state index in [2.05, 4.69) is 37.7 Å². The van der Waals surface area contributed by atoms with Gasteiger partial charge in [0.2, 0.25) is 11.8 Å². The predicted octanol–water partition coefficient (Wildman–Crippen LogP) is 6.39. The van der Waals surface area contributed by atoms with E-state index in [4.69, 9.17) is 11.6 Å². The second-order valence-corrected chi connectivity index (χ2v) is 21.3. The van der Waals surface area contributed by atoms with Crippen LogP contribution in [-0.2, 0) is 62.3 Å². The number of carbonyl (C=O) groups is 2. The summed E-state index contributed by atoms with van der Waals surface area (Å²) in [4.78, 5) is 31.5. The number of anilines is 1. The SMILES string of the molecule is CC(O)CNC(=O)CN(c1nn(CC(F)(F)F)c2c(-c3ccc(C#CC(C)(C)S(C)(=O)=O)nc3C(Cc3cc(F)cc(F)c3)NC(=O)Cn3nc(C(F)(F)F)c4c3C(F)(F)[C@@H]3C[C@H]43)ccc(Cl)c12)S(=O)[O-]. The van der Waals surface area contributed by atoms with Crippen molar-refractivity contribution in [2.75, 3.05) is 23.7 Å². The second kappa shape index (κ2) is 19.0. The summed E-state index contributed by atoms with van der Waals surface area (Å²) in [6.07, 6.45) is -11.5. The first-order chi connectivity index (χ1) is 32.8. The number of amides is 2. The van der Waals surface area contributed by atoms with Crippen LogP contribution in [0.25, 0.3) is 22.0 Å². The molecule has 0 spiro atoms.